The van der Waals surface area contributed by atoms with Gasteiger partial charge in [0.2, 0.25) is 4.96 Å². The largest absolute Gasteiger partial charge is 0.426 e. The normalized spacial score (nSPS) is 14.6. The molecule has 0 bridgehead atoms. The fraction of sp³-hybridized carbons (Fsp3) is 0.148. The van der Waals surface area contributed by atoms with Gasteiger partial charge < -0.3 is 9.64 Å². The van der Waals surface area contributed by atoms with Gasteiger partial charge in [0.1, 0.15) is 10.3 Å². The zero-order valence-electron chi connectivity index (χ0n) is 19.5. The summed E-state index contributed by atoms with van der Waals surface area (Å²) in [4.78, 5) is 45.2. The fourth-order valence-electron chi connectivity index (χ4n) is 4.58. The van der Waals surface area contributed by atoms with Gasteiger partial charge in [-0.1, -0.05) is 60.7 Å². The number of hydrogen-bond acceptors (Lipinski definition) is 7. The first kappa shape index (κ1) is 22.1. The third kappa shape index (κ3) is 3.39. The lowest BCUT2D eigenvalue weighted by Gasteiger charge is -2.15. The molecule has 9 heteroatoms. The molecule has 1 aliphatic rings. The Hall–Kier alpha value is -4.37. The predicted octanol–water partition coefficient (Wildman–Crippen LogP) is 3.57. The molecule has 0 N–H and O–H groups in total. The Morgan fingerprint density at radius 2 is 1.72 bits per heavy atom. The van der Waals surface area contributed by atoms with E-state index in [-0.39, 0.29) is 11.7 Å². The van der Waals surface area contributed by atoms with E-state index in [0.29, 0.717) is 32.9 Å². The topological polar surface area (TPSA) is 93.9 Å². The average molecular weight is 497 g/mol. The molecule has 0 fully saturated rings. The number of rotatable bonds is 4. The fourth-order valence-corrected chi connectivity index (χ4v) is 5.58. The number of carbonyl (C=O) groups is 2. The summed E-state index contributed by atoms with van der Waals surface area (Å²) in [5, 5.41) is 6.28. The molecule has 0 saturated heterocycles. The Morgan fingerprint density at radius 3 is 2.44 bits per heavy atom. The quantitative estimate of drug-likeness (QED) is 0.279. The summed E-state index contributed by atoms with van der Waals surface area (Å²) in [6, 6.07) is 18.8. The van der Waals surface area contributed by atoms with Crippen LogP contribution in [0.1, 0.15) is 25.8 Å². The van der Waals surface area contributed by atoms with Crippen molar-refractivity contribution in [1.29, 1.82) is 0 Å². The number of amides is 1. The monoisotopic (exact) mass is 496 g/mol. The number of thiazole rings is 1. The summed E-state index contributed by atoms with van der Waals surface area (Å²) in [5.74, 6) is -0.0726. The summed E-state index contributed by atoms with van der Waals surface area (Å²) in [6.07, 6.45) is 0.798. The first-order valence-corrected chi connectivity index (χ1v) is 12.3. The molecular weight excluding hydrogens is 476 g/mol. The first-order valence-electron chi connectivity index (χ1n) is 11.5. The standard InChI is InChI=1S/C27H20N4O4S/c1-3-12-30-20-11-7-6-10-18(20)22(25(30)33)23-26(34)31-27(36-23)28-24(29-31)19-13-16-8-4-5-9-17(16)14-21(19)35-15(2)32/h4-11,13-14H,3,12H2,1-2H3/b23-22-. The summed E-state index contributed by atoms with van der Waals surface area (Å²) < 4.78 is 6.97. The Kier molecular flexibility index (Phi) is 5.15. The van der Waals surface area contributed by atoms with Gasteiger partial charge in [0, 0.05) is 19.0 Å². The first-order chi connectivity index (χ1) is 17.5. The van der Waals surface area contributed by atoms with E-state index in [9.17, 15) is 14.4 Å². The van der Waals surface area contributed by atoms with Crippen molar-refractivity contribution in [3.8, 4) is 17.1 Å². The maximum absolute atomic E-state index is 13.4. The molecule has 0 spiro atoms. The van der Waals surface area contributed by atoms with E-state index in [0.717, 1.165) is 39.8 Å². The van der Waals surface area contributed by atoms with Crippen molar-refractivity contribution in [2.45, 2.75) is 20.3 Å². The van der Waals surface area contributed by atoms with Gasteiger partial charge in [-0.3, -0.25) is 14.4 Å². The molecular formula is C27H20N4O4S. The van der Waals surface area contributed by atoms with Crippen LogP contribution in [0.4, 0.5) is 5.69 Å². The van der Waals surface area contributed by atoms with E-state index in [1.807, 2.05) is 61.5 Å². The molecule has 0 unspecified atom stereocenters. The van der Waals surface area contributed by atoms with Gasteiger partial charge in [-0.15, -0.1) is 5.10 Å². The predicted molar refractivity (Wildman–Crippen MR) is 138 cm³/mol. The van der Waals surface area contributed by atoms with Crippen LogP contribution < -0.4 is 19.7 Å². The molecule has 6 rings (SSSR count). The van der Waals surface area contributed by atoms with E-state index in [1.54, 1.807) is 11.0 Å². The van der Waals surface area contributed by atoms with Crippen molar-refractivity contribution < 1.29 is 14.3 Å². The van der Waals surface area contributed by atoms with Gasteiger partial charge >= 0.3 is 5.97 Å². The molecule has 0 radical (unpaired) electrons. The molecule has 3 heterocycles. The van der Waals surface area contributed by atoms with Crippen LogP contribution in [0, 0.1) is 0 Å². The number of fused-ring (bicyclic) bond motifs is 3. The Balaban J connectivity index is 1.54. The van der Waals surface area contributed by atoms with Gasteiger partial charge in [0.25, 0.3) is 11.5 Å². The van der Waals surface area contributed by atoms with Gasteiger partial charge in [-0.25, -0.2) is 0 Å². The van der Waals surface area contributed by atoms with Gasteiger partial charge in [-0.2, -0.15) is 9.50 Å². The van der Waals surface area contributed by atoms with Gasteiger partial charge in [-0.05, 0) is 35.4 Å². The summed E-state index contributed by atoms with van der Waals surface area (Å²) >= 11 is 1.13. The van der Waals surface area contributed by atoms with Crippen molar-refractivity contribution in [1.82, 2.24) is 14.6 Å². The van der Waals surface area contributed by atoms with E-state index in [1.165, 1.54) is 11.4 Å². The zero-order chi connectivity index (χ0) is 25.0. The molecule has 5 aromatic rings. The highest BCUT2D eigenvalue weighted by molar-refractivity contribution is 7.15. The van der Waals surface area contributed by atoms with Crippen molar-refractivity contribution in [2.75, 3.05) is 11.4 Å². The third-order valence-corrected chi connectivity index (χ3v) is 7.13. The zero-order valence-corrected chi connectivity index (χ0v) is 20.3. The number of nitrogens with zero attached hydrogens (tertiary/aromatic N) is 4. The SMILES string of the molecule is CCCN1C(=O)/C(=c2\sc3nc(-c4cc5ccccc5cc4OC(C)=O)nn3c2=O)c2ccccc21. The molecule has 2 aromatic heterocycles. The minimum atomic E-state index is -0.467. The van der Waals surface area contributed by atoms with E-state index >= 15 is 0 Å². The van der Waals surface area contributed by atoms with Crippen LogP contribution in [-0.4, -0.2) is 33.0 Å². The molecule has 178 valence electrons. The lowest BCUT2D eigenvalue weighted by atomic mass is 10.1. The number of hydrogen-bond donors (Lipinski definition) is 0. The number of carbonyl (C=O) groups excluding carboxylic acids is 2. The lowest BCUT2D eigenvalue weighted by Crippen LogP contribution is -2.32. The van der Waals surface area contributed by atoms with Crippen molar-refractivity contribution in [3.05, 3.63) is 81.1 Å². The van der Waals surface area contributed by atoms with Gasteiger partial charge in [0.05, 0.1) is 16.8 Å². The van der Waals surface area contributed by atoms with Gasteiger partial charge in [0.15, 0.2) is 5.82 Å². The van der Waals surface area contributed by atoms with Crippen LogP contribution >= 0.6 is 11.3 Å². The molecule has 3 aromatic carbocycles. The smallest absolute Gasteiger partial charge is 0.308 e. The maximum Gasteiger partial charge on any atom is 0.308 e. The van der Waals surface area contributed by atoms with Crippen LogP contribution in [0.3, 0.4) is 0 Å². The molecule has 8 nitrogen and oxygen atoms in total. The summed E-state index contributed by atoms with van der Waals surface area (Å²) in [5.41, 5.74) is 2.03. The molecule has 1 amide bonds. The highest BCUT2D eigenvalue weighted by atomic mass is 32.1. The van der Waals surface area contributed by atoms with Crippen LogP contribution in [-0.2, 0) is 9.59 Å². The van der Waals surface area contributed by atoms with Crippen molar-refractivity contribution in [3.63, 3.8) is 0 Å². The maximum atomic E-state index is 13.4. The minimum Gasteiger partial charge on any atom is -0.426 e. The minimum absolute atomic E-state index is 0.188. The third-order valence-electron chi connectivity index (χ3n) is 6.10. The van der Waals surface area contributed by atoms with Crippen LogP contribution in [0.15, 0.2) is 65.5 Å². The average Bonchev–Trinajstić information content (AvgIpc) is 3.49. The molecule has 0 saturated carbocycles. The van der Waals surface area contributed by atoms with E-state index < -0.39 is 11.5 Å². The summed E-state index contributed by atoms with van der Waals surface area (Å²) in [7, 11) is 0. The second kappa shape index (κ2) is 8.39. The van der Waals surface area contributed by atoms with E-state index in [2.05, 4.69) is 10.1 Å². The van der Waals surface area contributed by atoms with Crippen LogP contribution in [0.2, 0.25) is 0 Å². The number of aromatic nitrogens is 3. The molecule has 0 aliphatic carbocycles. The highest BCUT2D eigenvalue weighted by Gasteiger charge is 2.33. The van der Waals surface area contributed by atoms with Crippen molar-refractivity contribution in [2.24, 2.45) is 0 Å². The number of anilines is 1. The lowest BCUT2D eigenvalue weighted by molar-refractivity contribution is -0.131. The second-order valence-electron chi connectivity index (χ2n) is 8.50. The number of benzene rings is 3. The summed E-state index contributed by atoms with van der Waals surface area (Å²) in [6.45, 7) is 3.91. The Bertz CT molecular complexity index is 1820. The Morgan fingerprint density at radius 1 is 1.00 bits per heavy atom. The Labute approximate surface area is 209 Å². The second-order valence-corrected chi connectivity index (χ2v) is 9.48. The van der Waals surface area contributed by atoms with Crippen LogP contribution in [0.25, 0.3) is 32.7 Å². The molecule has 1 aliphatic heterocycles. The highest BCUT2D eigenvalue weighted by Crippen LogP contribution is 2.36. The number of para-hydroxylation sites is 1. The number of ether oxygens (including phenoxy) is 1. The molecule has 0 atom stereocenters. The van der Waals surface area contributed by atoms with E-state index in [4.69, 9.17) is 4.74 Å². The number of esters is 1. The van der Waals surface area contributed by atoms with Crippen molar-refractivity contribution >= 4 is 50.2 Å². The molecule has 36 heavy (non-hydrogen) atoms. The van der Waals surface area contributed by atoms with Crippen LogP contribution in [0.5, 0.6) is 5.75 Å².